The number of hydrogen-bond donors (Lipinski definition) is 1. The van der Waals surface area contributed by atoms with Gasteiger partial charge in [-0.05, 0) is 49.8 Å². The van der Waals surface area contributed by atoms with E-state index in [0.29, 0.717) is 0 Å². The quantitative estimate of drug-likeness (QED) is 0.854. The fourth-order valence-electron chi connectivity index (χ4n) is 2.36. The first-order valence-electron chi connectivity index (χ1n) is 6.56. The second-order valence-electron chi connectivity index (χ2n) is 5.15. The predicted octanol–water partition coefficient (Wildman–Crippen LogP) is 2.76. The Hall–Kier alpha value is -1.09. The molecule has 2 heterocycles. The third-order valence-electron chi connectivity index (χ3n) is 3.59. The summed E-state index contributed by atoms with van der Waals surface area (Å²) in [5.41, 5.74) is 0.951. The van der Waals surface area contributed by atoms with Gasteiger partial charge in [0, 0.05) is 19.3 Å². The van der Waals surface area contributed by atoms with Gasteiger partial charge in [0.15, 0.2) is 0 Å². The van der Waals surface area contributed by atoms with Crippen LogP contribution in [0.15, 0.2) is 18.3 Å². The number of aliphatic hydroxyl groups excluding tert-OH is 1. The summed E-state index contributed by atoms with van der Waals surface area (Å²) in [6.45, 7) is 6.28. The lowest BCUT2D eigenvalue weighted by Crippen LogP contribution is -2.25. The monoisotopic (exact) mass is 234 g/mol. The van der Waals surface area contributed by atoms with Crippen LogP contribution in [0, 0.1) is 5.92 Å². The maximum Gasteiger partial charge on any atom is 0.128 e. The Morgan fingerprint density at radius 3 is 3.00 bits per heavy atom. The molecule has 17 heavy (non-hydrogen) atoms. The van der Waals surface area contributed by atoms with Crippen molar-refractivity contribution in [2.75, 3.05) is 18.0 Å². The minimum atomic E-state index is -0.414. The van der Waals surface area contributed by atoms with Crippen LogP contribution in [0.2, 0.25) is 0 Å². The summed E-state index contributed by atoms with van der Waals surface area (Å²) < 4.78 is 0. The molecular formula is C14H22N2O. The zero-order chi connectivity index (χ0) is 12.3. The lowest BCUT2D eigenvalue weighted by molar-refractivity contribution is 0.199. The van der Waals surface area contributed by atoms with E-state index >= 15 is 0 Å². The number of nitrogens with zero attached hydrogens (tertiary/aromatic N) is 2. The third-order valence-corrected chi connectivity index (χ3v) is 3.59. The van der Waals surface area contributed by atoms with Crippen LogP contribution < -0.4 is 4.90 Å². The van der Waals surface area contributed by atoms with E-state index in [1.54, 1.807) is 13.1 Å². The second-order valence-corrected chi connectivity index (χ2v) is 5.15. The van der Waals surface area contributed by atoms with Gasteiger partial charge >= 0.3 is 0 Å². The average Bonchev–Trinajstić information content (AvgIpc) is 2.54. The first-order chi connectivity index (χ1) is 8.16. The van der Waals surface area contributed by atoms with Crippen molar-refractivity contribution >= 4 is 5.82 Å². The maximum atomic E-state index is 9.60. The van der Waals surface area contributed by atoms with E-state index in [-0.39, 0.29) is 0 Å². The Labute approximate surface area is 103 Å². The number of hydrogen-bond acceptors (Lipinski definition) is 3. The van der Waals surface area contributed by atoms with Gasteiger partial charge < -0.3 is 10.0 Å². The molecule has 1 N–H and O–H groups in total. The van der Waals surface area contributed by atoms with Crippen LogP contribution in [0.1, 0.15) is 44.8 Å². The van der Waals surface area contributed by atoms with Gasteiger partial charge in [0.2, 0.25) is 0 Å². The summed E-state index contributed by atoms with van der Waals surface area (Å²) in [7, 11) is 0. The predicted molar refractivity (Wildman–Crippen MR) is 70.1 cm³/mol. The van der Waals surface area contributed by atoms with Crippen molar-refractivity contribution in [2.24, 2.45) is 5.92 Å². The third kappa shape index (κ3) is 3.19. The summed E-state index contributed by atoms with van der Waals surface area (Å²) in [5, 5.41) is 9.60. The zero-order valence-corrected chi connectivity index (χ0v) is 10.8. The van der Waals surface area contributed by atoms with Crippen molar-refractivity contribution in [1.29, 1.82) is 0 Å². The SMILES string of the molecule is CC1CCCN(c2cc([C@@H](C)O)ccn2)CC1. The Morgan fingerprint density at radius 1 is 1.41 bits per heavy atom. The molecule has 1 fully saturated rings. The van der Waals surface area contributed by atoms with Gasteiger partial charge in [0.05, 0.1) is 6.10 Å². The van der Waals surface area contributed by atoms with Crippen molar-refractivity contribution in [3.05, 3.63) is 23.9 Å². The van der Waals surface area contributed by atoms with Crippen molar-refractivity contribution < 1.29 is 5.11 Å². The van der Waals surface area contributed by atoms with E-state index in [1.807, 2.05) is 12.1 Å². The maximum absolute atomic E-state index is 9.60. The molecule has 3 heteroatoms. The van der Waals surface area contributed by atoms with E-state index in [0.717, 1.165) is 30.4 Å². The normalized spacial score (nSPS) is 23.2. The topological polar surface area (TPSA) is 36.4 Å². The molecule has 0 aliphatic carbocycles. The first kappa shape index (κ1) is 12.4. The second kappa shape index (κ2) is 5.50. The molecule has 0 amide bonds. The molecule has 0 spiro atoms. The van der Waals surface area contributed by atoms with Gasteiger partial charge in [-0.15, -0.1) is 0 Å². The molecule has 1 saturated heterocycles. The highest BCUT2D eigenvalue weighted by Crippen LogP contribution is 2.23. The molecule has 94 valence electrons. The summed E-state index contributed by atoms with van der Waals surface area (Å²) in [5.74, 6) is 1.83. The van der Waals surface area contributed by atoms with Crippen LogP contribution in [-0.4, -0.2) is 23.2 Å². The number of pyridine rings is 1. The van der Waals surface area contributed by atoms with Crippen molar-refractivity contribution in [1.82, 2.24) is 4.98 Å². The molecule has 0 bridgehead atoms. The first-order valence-corrected chi connectivity index (χ1v) is 6.56. The molecule has 2 atom stereocenters. The number of rotatable bonds is 2. The van der Waals surface area contributed by atoms with Crippen LogP contribution >= 0.6 is 0 Å². The summed E-state index contributed by atoms with van der Waals surface area (Å²) >= 11 is 0. The molecular weight excluding hydrogens is 212 g/mol. The molecule has 0 aromatic carbocycles. The minimum absolute atomic E-state index is 0.414. The Morgan fingerprint density at radius 2 is 2.24 bits per heavy atom. The summed E-state index contributed by atoms with van der Waals surface area (Å²) in [4.78, 5) is 6.77. The van der Waals surface area contributed by atoms with Crippen molar-refractivity contribution in [3.8, 4) is 0 Å². The highest BCUT2D eigenvalue weighted by molar-refractivity contribution is 5.41. The van der Waals surface area contributed by atoms with Crippen LogP contribution in [0.4, 0.5) is 5.82 Å². The minimum Gasteiger partial charge on any atom is -0.389 e. The molecule has 1 aliphatic heterocycles. The molecule has 1 aromatic heterocycles. The van der Waals surface area contributed by atoms with Gasteiger partial charge in [-0.2, -0.15) is 0 Å². The van der Waals surface area contributed by atoms with Crippen molar-refractivity contribution in [3.63, 3.8) is 0 Å². The number of anilines is 1. The van der Waals surface area contributed by atoms with Gasteiger partial charge in [0.1, 0.15) is 5.82 Å². The van der Waals surface area contributed by atoms with E-state index in [4.69, 9.17) is 0 Å². The molecule has 1 aliphatic rings. The van der Waals surface area contributed by atoms with Gasteiger partial charge in [-0.3, -0.25) is 0 Å². The van der Waals surface area contributed by atoms with Crippen LogP contribution in [0.25, 0.3) is 0 Å². The van der Waals surface area contributed by atoms with Crippen LogP contribution in [0.5, 0.6) is 0 Å². The highest BCUT2D eigenvalue weighted by atomic mass is 16.3. The average molecular weight is 234 g/mol. The Balaban J connectivity index is 2.13. The fourth-order valence-corrected chi connectivity index (χ4v) is 2.36. The molecule has 0 radical (unpaired) electrons. The van der Waals surface area contributed by atoms with E-state index in [1.165, 1.54) is 19.3 Å². The van der Waals surface area contributed by atoms with Gasteiger partial charge in [0.25, 0.3) is 0 Å². The number of aromatic nitrogens is 1. The largest absolute Gasteiger partial charge is 0.389 e. The van der Waals surface area contributed by atoms with Gasteiger partial charge in [-0.25, -0.2) is 4.98 Å². The molecule has 3 nitrogen and oxygen atoms in total. The Bertz CT molecular complexity index is 365. The Kier molecular flexibility index (Phi) is 4.00. The molecule has 0 saturated carbocycles. The highest BCUT2D eigenvalue weighted by Gasteiger charge is 2.15. The van der Waals surface area contributed by atoms with E-state index in [2.05, 4.69) is 16.8 Å². The zero-order valence-electron chi connectivity index (χ0n) is 10.8. The van der Waals surface area contributed by atoms with Gasteiger partial charge in [-0.1, -0.05) is 6.92 Å². The van der Waals surface area contributed by atoms with Crippen LogP contribution in [-0.2, 0) is 0 Å². The van der Waals surface area contributed by atoms with E-state index in [9.17, 15) is 5.11 Å². The molecule has 1 unspecified atom stereocenters. The summed E-state index contributed by atoms with van der Waals surface area (Å²) in [6, 6.07) is 3.90. The number of aliphatic hydroxyl groups is 1. The van der Waals surface area contributed by atoms with Crippen molar-refractivity contribution in [2.45, 2.75) is 39.2 Å². The smallest absolute Gasteiger partial charge is 0.128 e. The molecule has 1 aromatic rings. The lowest BCUT2D eigenvalue weighted by atomic mass is 10.0. The lowest BCUT2D eigenvalue weighted by Gasteiger charge is -2.22. The van der Waals surface area contributed by atoms with E-state index < -0.39 is 6.10 Å². The fraction of sp³-hybridized carbons (Fsp3) is 0.643. The van der Waals surface area contributed by atoms with Crippen LogP contribution in [0.3, 0.4) is 0 Å². The summed E-state index contributed by atoms with van der Waals surface area (Å²) in [6.07, 6.45) is 5.17. The standard InChI is InChI=1S/C14H22N2O/c1-11-4-3-8-16(9-6-11)14-10-13(12(2)17)5-7-15-14/h5,7,10-12,17H,3-4,6,8-9H2,1-2H3/t11?,12-/m1/s1. The molecule has 2 rings (SSSR count).